The van der Waals surface area contributed by atoms with Gasteiger partial charge in [-0.1, -0.05) is 97.1 Å². The van der Waals surface area contributed by atoms with Crippen LogP contribution in [-0.4, -0.2) is 5.78 Å². The van der Waals surface area contributed by atoms with Gasteiger partial charge in [0.1, 0.15) is 0 Å². The lowest BCUT2D eigenvalue weighted by Gasteiger charge is -2.15. The zero-order valence-electron chi connectivity index (χ0n) is 14.3. The predicted molar refractivity (Wildman–Crippen MR) is 106 cm³/mol. The number of carbonyl (C=O) groups is 1. The van der Waals surface area contributed by atoms with Gasteiger partial charge in [-0.15, -0.1) is 0 Å². The molecule has 1 fully saturated rings. The summed E-state index contributed by atoms with van der Waals surface area (Å²) in [4.78, 5) is 12.6. The first kappa shape index (κ1) is 16.9. The second-order valence-corrected chi connectivity index (χ2v) is 6.11. The molecule has 2 aromatic rings. The van der Waals surface area contributed by atoms with Gasteiger partial charge in [0, 0.05) is 0 Å². The summed E-state index contributed by atoms with van der Waals surface area (Å²) in [6, 6.07) is 20.3. The molecular weight excluding hydrogens is 304 g/mol. The van der Waals surface area contributed by atoms with Crippen LogP contribution in [0.4, 0.5) is 0 Å². The van der Waals surface area contributed by atoms with Gasteiger partial charge in [-0.2, -0.15) is 0 Å². The van der Waals surface area contributed by atoms with Crippen LogP contribution in [-0.2, 0) is 4.79 Å². The van der Waals surface area contributed by atoms with Crippen molar-refractivity contribution in [1.82, 2.24) is 0 Å². The number of hydrogen-bond donors (Lipinski definition) is 0. The molecule has 0 N–H and O–H groups in total. The number of allylic oxidation sites excluding steroid dienone is 6. The number of rotatable bonds is 4. The first-order chi connectivity index (χ1) is 12.3. The summed E-state index contributed by atoms with van der Waals surface area (Å²) in [5, 5.41) is 0. The molecule has 1 aliphatic carbocycles. The molecule has 1 aliphatic rings. The molecule has 3 rings (SSSR count). The van der Waals surface area contributed by atoms with Gasteiger partial charge >= 0.3 is 0 Å². The van der Waals surface area contributed by atoms with Crippen molar-refractivity contribution in [3.8, 4) is 0 Å². The highest BCUT2D eigenvalue weighted by Crippen LogP contribution is 2.25. The summed E-state index contributed by atoms with van der Waals surface area (Å²) in [5.74, 6) is 0.182. The molecule has 0 radical (unpaired) electrons. The van der Waals surface area contributed by atoms with Gasteiger partial charge in [0.15, 0.2) is 5.78 Å². The Morgan fingerprint density at radius 3 is 1.52 bits per heavy atom. The van der Waals surface area contributed by atoms with Crippen molar-refractivity contribution >= 4 is 17.9 Å². The highest BCUT2D eigenvalue weighted by Gasteiger charge is 2.18. The van der Waals surface area contributed by atoms with E-state index in [-0.39, 0.29) is 5.78 Å². The Bertz CT molecular complexity index is 751. The molecule has 2 aromatic carbocycles. The minimum absolute atomic E-state index is 0.182. The lowest BCUT2D eigenvalue weighted by atomic mass is 9.88. The monoisotopic (exact) mass is 326 g/mol. The fourth-order valence-corrected chi connectivity index (χ4v) is 2.90. The topological polar surface area (TPSA) is 17.1 Å². The molecule has 0 spiro atoms. The van der Waals surface area contributed by atoms with Gasteiger partial charge in [0.25, 0.3) is 0 Å². The first-order valence-electron chi connectivity index (χ1n) is 8.72. The maximum Gasteiger partial charge on any atom is 0.184 e. The molecular formula is C24H22O. The van der Waals surface area contributed by atoms with Crippen LogP contribution in [0.15, 0.2) is 96.1 Å². The smallest absolute Gasteiger partial charge is 0.184 e. The first-order valence-corrected chi connectivity index (χ1v) is 8.72. The van der Waals surface area contributed by atoms with E-state index in [0.717, 1.165) is 41.5 Å². The highest BCUT2D eigenvalue weighted by atomic mass is 16.1. The summed E-state index contributed by atoms with van der Waals surface area (Å²) in [7, 11) is 0. The van der Waals surface area contributed by atoms with Crippen LogP contribution in [0.1, 0.15) is 30.4 Å². The summed E-state index contributed by atoms with van der Waals surface area (Å²) in [6.45, 7) is 0. The molecule has 0 amide bonds. The Labute approximate surface area is 149 Å². The third-order valence-corrected chi connectivity index (χ3v) is 4.25. The minimum Gasteiger partial charge on any atom is -0.289 e. The number of Topliss-reactive ketones (excluding diaryl/α,β-unsaturated/α-hetero) is 1. The van der Waals surface area contributed by atoms with E-state index >= 15 is 0 Å². The van der Waals surface area contributed by atoms with Crippen LogP contribution in [0.5, 0.6) is 0 Å². The Morgan fingerprint density at radius 2 is 1.08 bits per heavy atom. The predicted octanol–water partition coefficient (Wildman–Crippen LogP) is 6.02. The van der Waals surface area contributed by atoms with E-state index in [1.54, 1.807) is 0 Å². The van der Waals surface area contributed by atoms with Gasteiger partial charge in [0.2, 0.25) is 0 Å². The van der Waals surface area contributed by atoms with Gasteiger partial charge in [-0.3, -0.25) is 4.79 Å². The fourth-order valence-electron chi connectivity index (χ4n) is 2.90. The molecule has 0 unspecified atom stereocenters. The van der Waals surface area contributed by atoms with Crippen molar-refractivity contribution in [2.75, 3.05) is 0 Å². The second-order valence-electron chi connectivity index (χ2n) is 6.11. The second kappa shape index (κ2) is 8.79. The van der Waals surface area contributed by atoms with Gasteiger partial charge in [-0.25, -0.2) is 0 Å². The van der Waals surface area contributed by atoms with Gasteiger partial charge < -0.3 is 0 Å². The molecule has 0 saturated heterocycles. The standard InChI is InChI=1S/C24H22O/c25-24-22(16-7-14-20-10-3-1-4-11-20)18-9-19-23(24)17-8-15-21-12-5-2-6-13-21/h1-8,10-17H,9,18-19H2/b14-7+,15-8?,22-16+,23-17?. The largest absolute Gasteiger partial charge is 0.289 e. The van der Waals surface area contributed by atoms with E-state index in [4.69, 9.17) is 0 Å². The number of ketones is 1. The normalized spacial score (nSPS) is 18.6. The maximum absolute atomic E-state index is 12.6. The van der Waals surface area contributed by atoms with Crippen LogP contribution >= 0.6 is 0 Å². The fraction of sp³-hybridized carbons (Fsp3) is 0.125. The Balaban J connectivity index is 1.68. The lowest BCUT2D eigenvalue weighted by molar-refractivity contribution is -0.113. The van der Waals surface area contributed by atoms with Gasteiger partial charge in [-0.05, 0) is 41.5 Å². The summed E-state index contributed by atoms with van der Waals surface area (Å²) >= 11 is 0. The molecule has 1 saturated carbocycles. The quantitative estimate of drug-likeness (QED) is 0.628. The van der Waals surface area contributed by atoms with Crippen LogP contribution < -0.4 is 0 Å². The van der Waals surface area contributed by atoms with Crippen molar-refractivity contribution in [3.63, 3.8) is 0 Å². The van der Waals surface area contributed by atoms with Crippen molar-refractivity contribution in [3.05, 3.63) is 107 Å². The average molecular weight is 326 g/mol. The number of benzene rings is 2. The molecule has 0 heterocycles. The van der Waals surface area contributed by atoms with Crippen molar-refractivity contribution in [1.29, 1.82) is 0 Å². The third kappa shape index (κ3) is 5.02. The molecule has 0 atom stereocenters. The van der Waals surface area contributed by atoms with E-state index in [1.807, 2.05) is 72.9 Å². The zero-order chi connectivity index (χ0) is 17.3. The maximum atomic E-state index is 12.6. The summed E-state index contributed by atoms with van der Waals surface area (Å²) in [6.07, 6.45) is 14.7. The number of hydrogen-bond acceptors (Lipinski definition) is 1. The van der Waals surface area contributed by atoms with Crippen LogP contribution in [0.2, 0.25) is 0 Å². The Morgan fingerprint density at radius 1 is 0.640 bits per heavy atom. The van der Waals surface area contributed by atoms with Crippen LogP contribution in [0.25, 0.3) is 12.2 Å². The van der Waals surface area contributed by atoms with E-state index in [2.05, 4.69) is 24.3 Å². The lowest BCUT2D eigenvalue weighted by Crippen LogP contribution is -2.12. The summed E-state index contributed by atoms with van der Waals surface area (Å²) in [5.41, 5.74) is 4.09. The average Bonchev–Trinajstić information content (AvgIpc) is 2.66. The highest BCUT2D eigenvalue weighted by molar-refractivity contribution is 6.09. The SMILES string of the molecule is O=C1C(=CC=Cc2ccccc2)CCC/C1=C\C=C\c1ccccc1. The molecule has 0 aromatic heterocycles. The Kier molecular flexibility index (Phi) is 5.95. The number of carbonyl (C=O) groups excluding carboxylic acids is 1. The van der Waals surface area contributed by atoms with E-state index in [1.165, 1.54) is 0 Å². The van der Waals surface area contributed by atoms with Crippen molar-refractivity contribution < 1.29 is 4.79 Å². The molecule has 1 heteroatoms. The van der Waals surface area contributed by atoms with Crippen LogP contribution in [0, 0.1) is 0 Å². The van der Waals surface area contributed by atoms with E-state index in [0.29, 0.717) is 0 Å². The minimum atomic E-state index is 0.182. The molecule has 124 valence electrons. The van der Waals surface area contributed by atoms with Gasteiger partial charge in [0.05, 0.1) is 0 Å². The molecule has 0 aliphatic heterocycles. The molecule has 25 heavy (non-hydrogen) atoms. The summed E-state index contributed by atoms with van der Waals surface area (Å²) < 4.78 is 0. The van der Waals surface area contributed by atoms with E-state index < -0.39 is 0 Å². The molecule has 0 bridgehead atoms. The third-order valence-electron chi connectivity index (χ3n) is 4.25. The zero-order valence-corrected chi connectivity index (χ0v) is 14.3. The van der Waals surface area contributed by atoms with E-state index in [9.17, 15) is 4.79 Å². The molecule has 1 nitrogen and oxygen atoms in total. The van der Waals surface area contributed by atoms with Crippen molar-refractivity contribution in [2.45, 2.75) is 19.3 Å². The Hall–Kier alpha value is -2.93. The van der Waals surface area contributed by atoms with Crippen LogP contribution in [0.3, 0.4) is 0 Å². The van der Waals surface area contributed by atoms with Crippen molar-refractivity contribution in [2.24, 2.45) is 0 Å².